The molecule has 0 fully saturated rings. The summed E-state index contributed by atoms with van der Waals surface area (Å²) >= 11 is 5.92. The van der Waals surface area contributed by atoms with Gasteiger partial charge in [0.25, 0.3) is 0 Å². The number of aromatic amines is 1. The van der Waals surface area contributed by atoms with Gasteiger partial charge in [-0.05, 0) is 11.6 Å². The fourth-order valence-electron chi connectivity index (χ4n) is 1.99. The van der Waals surface area contributed by atoms with Gasteiger partial charge in [0.15, 0.2) is 5.65 Å². The molecule has 3 heterocycles. The van der Waals surface area contributed by atoms with Crippen molar-refractivity contribution in [3.05, 3.63) is 29.4 Å². The van der Waals surface area contributed by atoms with E-state index in [4.69, 9.17) is 11.6 Å². The van der Waals surface area contributed by atoms with Crippen molar-refractivity contribution in [2.75, 3.05) is 11.9 Å². The Kier molecular flexibility index (Phi) is 2.83. The van der Waals surface area contributed by atoms with Crippen molar-refractivity contribution >= 4 is 28.5 Å². The standard InChI is InChI=1S/C11H12ClN7/c1-18(5-7-3-14-19(2)6-7)10-8-4-13-17-9(8)15-11(12)16-10/h3-4,6H,5H2,1-2H3,(H,13,15,16,17). The highest BCUT2D eigenvalue weighted by Gasteiger charge is 2.13. The number of H-pyrrole nitrogens is 1. The van der Waals surface area contributed by atoms with E-state index in [0.717, 1.165) is 16.8 Å². The van der Waals surface area contributed by atoms with E-state index in [1.807, 2.05) is 31.4 Å². The summed E-state index contributed by atoms with van der Waals surface area (Å²) in [5, 5.41) is 12.0. The summed E-state index contributed by atoms with van der Waals surface area (Å²) in [6, 6.07) is 0. The van der Waals surface area contributed by atoms with Crippen LogP contribution in [0.2, 0.25) is 5.28 Å². The van der Waals surface area contributed by atoms with Crippen LogP contribution in [0.25, 0.3) is 11.0 Å². The Hall–Kier alpha value is -2.15. The zero-order chi connectivity index (χ0) is 13.4. The van der Waals surface area contributed by atoms with Crippen LogP contribution in [0.3, 0.4) is 0 Å². The maximum Gasteiger partial charge on any atom is 0.226 e. The number of hydrogen-bond acceptors (Lipinski definition) is 5. The zero-order valence-electron chi connectivity index (χ0n) is 10.5. The van der Waals surface area contributed by atoms with Crippen LogP contribution in [0, 0.1) is 0 Å². The second-order valence-corrected chi connectivity index (χ2v) is 4.66. The van der Waals surface area contributed by atoms with Crippen LogP contribution in [0.5, 0.6) is 0 Å². The number of nitrogens with one attached hydrogen (secondary N) is 1. The number of aromatic nitrogens is 6. The predicted molar refractivity (Wildman–Crippen MR) is 72.0 cm³/mol. The molecule has 0 spiro atoms. The lowest BCUT2D eigenvalue weighted by atomic mass is 10.3. The second-order valence-electron chi connectivity index (χ2n) is 4.33. The van der Waals surface area contributed by atoms with Gasteiger partial charge in [-0.15, -0.1) is 0 Å². The molecule has 3 rings (SSSR count). The Labute approximate surface area is 114 Å². The summed E-state index contributed by atoms with van der Waals surface area (Å²) in [6.07, 6.45) is 5.48. The van der Waals surface area contributed by atoms with E-state index in [0.29, 0.717) is 12.2 Å². The third-order valence-electron chi connectivity index (χ3n) is 2.80. The smallest absolute Gasteiger partial charge is 0.226 e. The molecule has 7 nitrogen and oxygen atoms in total. The molecule has 0 bridgehead atoms. The van der Waals surface area contributed by atoms with E-state index in [2.05, 4.69) is 25.3 Å². The number of nitrogens with zero attached hydrogens (tertiary/aromatic N) is 6. The topological polar surface area (TPSA) is 75.5 Å². The molecule has 0 aliphatic heterocycles. The van der Waals surface area contributed by atoms with Gasteiger partial charge in [-0.2, -0.15) is 20.2 Å². The molecule has 3 aromatic rings. The summed E-state index contributed by atoms with van der Waals surface area (Å²) in [6.45, 7) is 0.682. The molecule has 0 saturated heterocycles. The Morgan fingerprint density at radius 1 is 1.37 bits per heavy atom. The summed E-state index contributed by atoms with van der Waals surface area (Å²) < 4.78 is 1.77. The van der Waals surface area contributed by atoms with Gasteiger partial charge in [-0.1, -0.05) is 0 Å². The van der Waals surface area contributed by atoms with Crippen molar-refractivity contribution in [3.8, 4) is 0 Å². The number of halogens is 1. The van der Waals surface area contributed by atoms with Crippen molar-refractivity contribution in [3.63, 3.8) is 0 Å². The van der Waals surface area contributed by atoms with E-state index in [1.165, 1.54) is 0 Å². The minimum atomic E-state index is 0.199. The lowest BCUT2D eigenvalue weighted by Crippen LogP contribution is -2.18. The largest absolute Gasteiger partial charge is 0.354 e. The average molecular weight is 278 g/mol. The van der Waals surface area contributed by atoms with Crippen LogP contribution in [-0.4, -0.2) is 37.0 Å². The Bertz CT molecular complexity index is 717. The molecule has 0 aromatic carbocycles. The fraction of sp³-hybridized carbons (Fsp3) is 0.273. The lowest BCUT2D eigenvalue weighted by molar-refractivity contribution is 0.766. The minimum absolute atomic E-state index is 0.199. The van der Waals surface area contributed by atoms with E-state index in [-0.39, 0.29) is 5.28 Å². The van der Waals surface area contributed by atoms with Gasteiger partial charge >= 0.3 is 0 Å². The second kappa shape index (κ2) is 4.51. The highest BCUT2D eigenvalue weighted by atomic mass is 35.5. The van der Waals surface area contributed by atoms with Crippen molar-refractivity contribution in [2.45, 2.75) is 6.54 Å². The first-order valence-electron chi connectivity index (χ1n) is 5.69. The number of rotatable bonds is 3. The Balaban J connectivity index is 1.96. The normalized spacial score (nSPS) is 11.1. The van der Waals surface area contributed by atoms with Gasteiger partial charge < -0.3 is 4.90 Å². The van der Waals surface area contributed by atoms with Crippen molar-refractivity contribution in [1.82, 2.24) is 29.9 Å². The Morgan fingerprint density at radius 3 is 2.95 bits per heavy atom. The lowest BCUT2D eigenvalue weighted by Gasteiger charge is -2.17. The molecule has 0 amide bonds. The summed E-state index contributed by atoms with van der Waals surface area (Å²) in [4.78, 5) is 10.3. The van der Waals surface area contributed by atoms with E-state index in [9.17, 15) is 0 Å². The van der Waals surface area contributed by atoms with Crippen LogP contribution in [0.4, 0.5) is 5.82 Å². The monoisotopic (exact) mass is 277 g/mol. The molecule has 19 heavy (non-hydrogen) atoms. The minimum Gasteiger partial charge on any atom is -0.354 e. The molecule has 3 aromatic heterocycles. The molecule has 0 radical (unpaired) electrons. The molecule has 0 saturated carbocycles. The van der Waals surface area contributed by atoms with Gasteiger partial charge in [0.2, 0.25) is 5.28 Å². The van der Waals surface area contributed by atoms with Crippen LogP contribution in [0.15, 0.2) is 18.6 Å². The van der Waals surface area contributed by atoms with Crippen LogP contribution < -0.4 is 4.90 Å². The average Bonchev–Trinajstić information content (AvgIpc) is 2.96. The van der Waals surface area contributed by atoms with Crippen molar-refractivity contribution in [2.24, 2.45) is 7.05 Å². The summed E-state index contributed by atoms with van der Waals surface area (Å²) in [5.41, 5.74) is 1.73. The molecule has 0 atom stereocenters. The zero-order valence-corrected chi connectivity index (χ0v) is 11.3. The van der Waals surface area contributed by atoms with E-state index in [1.54, 1.807) is 10.9 Å². The maximum atomic E-state index is 5.92. The highest BCUT2D eigenvalue weighted by Crippen LogP contribution is 2.23. The van der Waals surface area contributed by atoms with Crippen LogP contribution >= 0.6 is 11.6 Å². The predicted octanol–water partition coefficient (Wildman–Crippen LogP) is 1.38. The van der Waals surface area contributed by atoms with Crippen molar-refractivity contribution in [1.29, 1.82) is 0 Å². The Morgan fingerprint density at radius 2 is 2.21 bits per heavy atom. The fourth-order valence-corrected chi connectivity index (χ4v) is 2.15. The molecule has 0 aliphatic carbocycles. The van der Waals surface area contributed by atoms with Gasteiger partial charge in [-0.3, -0.25) is 9.78 Å². The maximum absolute atomic E-state index is 5.92. The first kappa shape index (κ1) is 11.9. The van der Waals surface area contributed by atoms with Gasteiger partial charge in [0.1, 0.15) is 5.82 Å². The number of fused-ring (bicyclic) bond motifs is 1. The third-order valence-corrected chi connectivity index (χ3v) is 2.97. The summed E-state index contributed by atoms with van der Waals surface area (Å²) in [5.74, 6) is 0.743. The quantitative estimate of drug-likeness (QED) is 0.732. The van der Waals surface area contributed by atoms with Crippen molar-refractivity contribution < 1.29 is 0 Å². The van der Waals surface area contributed by atoms with Gasteiger partial charge in [-0.25, -0.2) is 0 Å². The SMILES string of the molecule is CN(Cc1cnn(C)c1)c1nc(Cl)nc2[nH]ncc12. The van der Waals surface area contributed by atoms with E-state index < -0.39 is 0 Å². The molecule has 0 aliphatic rings. The highest BCUT2D eigenvalue weighted by molar-refractivity contribution is 6.28. The number of aryl methyl sites for hydroxylation is 1. The first-order valence-corrected chi connectivity index (χ1v) is 6.06. The van der Waals surface area contributed by atoms with Gasteiger partial charge in [0.05, 0.1) is 17.8 Å². The van der Waals surface area contributed by atoms with Gasteiger partial charge in [0, 0.05) is 32.4 Å². The number of anilines is 1. The van der Waals surface area contributed by atoms with Crippen LogP contribution in [0.1, 0.15) is 5.56 Å². The van der Waals surface area contributed by atoms with E-state index >= 15 is 0 Å². The third kappa shape index (κ3) is 2.24. The van der Waals surface area contributed by atoms with Crippen LogP contribution in [-0.2, 0) is 13.6 Å². The molecule has 98 valence electrons. The summed E-state index contributed by atoms with van der Waals surface area (Å²) in [7, 11) is 3.83. The first-order chi connectivity index (χ1) is 9.13. The molecule has 1 N–H and O–H groups in total. The molecule has 8 heteroatoms. The molecular weight excluding hydrogens is 266 g/mol. The molecular formula is C11H12ClN7. The number of hydrogen-bond donors (Lipinski definition) is 1. The molecule has 0 unspecified atom stereocenters.